The third-order valence-electron chi connectivity index (χ3n) is 3.91. The van der Waals surface area contributed by atoms with Crippen molar-refractivity contribution in [1.29, 1.82) is 0 Å². The van der Waals surface area contributed by atoms with E-state index in [1.165, 1.54) is 41.7 Å². The van der Waals surface area contributed by atoms with Gasteiger partial charge in [-0.15, -0.1) is 10.2 Å². The van der Waals surface area contributed by atoms with Crippen molar-refractivity contribution in [3.8, 4) is 0 Å². The summed E-state index contributed by atoms with van der Waals surface area (Å²) in [5.41, 5.74) is 0.379. The van der Waals surface area contributed by atoms with Crippen molar-refractivity contribution in [3.05, 3.63) is 64.7 Å². The zero-order valence-electron chi connectivity index (χ0n) is 13.9. The van der Waals surface area contributed by atoms with E-state index in [-0.39, 0.29) is 21.7 Å². The summed E-state index contributed by atoms with van der Waals surface area (Å²) in [5, 5.41) is 11.2. The average Bonchev–Trinajstić information content (AvgIpc) is 3.14. The molecule has 10 heteroatoms. The highest BCUT2D eigenvalue weighted by atomic mass is 32.2. The molecule has 1 aliphatic heterocycles. The number of aryl methyl sites for hydroxylation is 1. The van der Waals surface area contributed by atoms with Crippen LogP contribution in [-0.4, -0.2) is 30.4 Å². The first-order valence-electron chi connectivity index (χ1n) is 7.78. The van der Waals surface area contributed by atoms with Gasteiger partial charge in [0, 0.05) is 5.56 Å². The van der Waals surface area contributed by atoms with Crippen molar-refractivity contribution in [2.75, 3.05) is 9.62 Å². The van der Waals surface area contributed by atoms with Crippen LogP contribution in [0.15, 0.2) is 53.4 Å². The number of hydrogen-bond donors (Lipinski definition) is 1. The van der Waals surface area contributed by atoms with Crippen molar-refractivity contribution in [1.82, 2.24) is 10.2 Å². The summed E-state index contributed by atoms with van der Waals surface area (Å²) in [7, 11) is -4.09. The third-order valence-corrected chi connectivity index (χ3v) is 6.42. The number of carbonyl (C=O) groups is 2. The Bertz CT molecular complexity index is 1170. The van der Waals surface area contributed by atoms with E-state index in [2.05, 4.69) is 15.5 Å². The molecule has 0 aliphatic carbocycles. The highest BCUT2D eigenvalue weighted by Crippen LogP contribution is 2.35. The minimum absolute atomic E-state index is 0.0298. The van der Waals surface area contributed by atoms with Gasteiger partial charge in [-0.05, 0) is 37.3 Å². The van der Waals surface area contributed by atoms with E-state index in [0.29, 0.717) is 10.1 Å². The van der Waals surface area contributed by atoms with Gasteiger partial charge in [0.15, 0.2) is 0 Å². The molecule has 0 saturated heterocycles. The molecule has 1 aliphatic rings. The Labute approximate surface area is 158 Å². The van der Waals surface area contributed by atoms with Gasteiger partial charge in [-0.3, -0.25) is 14.9 Å². The summed E-state index contributed by atoms with van der Waals surface area (Å²) < 4.78 is 26.5. The van der Waals surface area contributed by atoms with Gasteiger partial charge in [-0.1, -0.05) is 29.5 Å². The first-order chi connectivity index (χ1) is 12.9. The summed E-state index contributed by atoms with van der Waals surface area (Å²) >= 11 is 1.20. The van der Waals surface area contributed by atoms with Crippen LogP contribution in [0.25, 0.3) is 0 Å². The molecule has 0 atom stereocenters. The van der Waals surface area contributed by atoms with Crippen LogP contribution in [0.1, 0.15) is 25.7 Å². The lowest BCUT2D eigenvalue weighted by Crippen LogP contribution is -2.29. The maximum atomic E-state index is 12.9. The number of nitrogens with one attached hydrogen (secondary N) is 1. The molecular weight excluding hydrogens is 388 g/mol. The zero-order chi connectivity index (χ0) is 19.2. The van der Waals surface area contributed by atoms with E-state index in [4.69, 9.17) is 0 Å². The Hall–Kier alpha value is -3.11. The van der Waals surface area contributed by atoms with E-state index in [0.717, 1.165) is 4.31 Å². The lowest BCUT2D eigenvalue weighted by molar-refractivity contribution is 0.100. The van der Waals surface area contributed by atoms with Crippen molar-refractivity contribution >= 4 is 44.0 Å². The predicted molar refractivity (Wildman–Crippen MR) is 99.5 cm³/mol. The average molecular weight is 400 g/mol. The first kappa shape index (κ1) is 17.3. The number of rotatable bonds is 3. The fourth-order valence-electron chi connectivity index (χ4n) is 2.71. The summed E-state index contributed by atoms with van der Waals surface area (Å²) in [6, 6.07) is 12.0. The smallest absolute Gasteiger partial charge is 0.273 e. The molecule has 2 amide bonds. The Morgan fingerprint density at radius 1 is 1.11 bits per heavy atom. The van der Waals surface area contributed by atoms with Gasteiger partial charge in [-0.25, -0.2) is 8.42 Å². The van der Waals surface area contributed by atoms with Gasteiger partial charge >= 0.3 is 0 Å². The summed E-state index contributed by atoms with van der Waals surface area (Å²) in [4.78, 5) is 24.8. The fraction of sp³-hybridized carbons (Fsp3) is 0.0588. The highest BCUT2D eigenvalue weighted by molar-refractivity contribution is 7.94. The molecule has 3 aromatic rings. The van der Waals surface area contributed by atoms with Crippen molar-refractivity contribution in [2.24, 2.45) is 0 Å². The second kappa shape index (κ2) is 6.25. The Morgan fingerprint density at radius 2 is 1.85 bits per heavy atom. The maximum Gasteiger partial charge on any atom is 0.273 e. The SMILES string of the molecule is Cc1nnc(NC(=O)c2ccc3c(c2)S(=O)(=O)N(c2ccccc2)C3=O)s1. The minimum Gasteiger partial charge on any atom is -0.296 e. The fourth-order valence-corrected chi connectivity index (χ4v) is 4.91. The van der Waals surface area contributed by atoms with Gasteiger partial charge in [0.05, 0.1) is 11.3 Å². The van der Waals surface area contributed by atoms with Gasteiger partial charge in [0.2, 0.25) is 5.13 Å². The molecule has 0 unspecified atom stereocenters. The number of amides is 2. The Morgan fingerprint density at radius 3 is 2.52 bits per heavy atom. The van der Waals surface area contributed by atoms with Gasteiger partial charge in [-0.2, -0.15) is 4.31 Å². The van der Waals surface area contributed by atoms with E-state index >= 15 is 0 Å². The third kappa shape index (κ3) is 2.88. The normalized spacial score (nSPS) is 14.9. The Kier molecular flexibility index (Phi) is 4.01. The van der Waals surface area contributed by atoms with Gasteiger partial charge in [0.25, 0.3) is 21.8 Å². The van der Waals surface area contributed by atoms with Crippen LogP contribution in [0.2, 0.25) is 0 Å². The van der Waals surface area contributed by atoms with Crippen molar-refractivity contribution in [2.45, 2.75) is 11.8 Å². The topological polar surface area (TPSA) is 109 Å². The molecule has 8 nitrogen and oxygen atoms in total. The second-order valence-electron chi connectivity index (χ2n) is 5.70. The van der Waals surface area contributed by atoms with Crippen molar-refractivity contribution < 1.29 is 18.0 Å². The lowest BCUT2D eigenvalue weighted by Gasteiger charge is -2.14. The number of carbonyl (C=O) groups excluding carboxylic acids is 2. The van der Waals surface area contributed by atoms with Gasteiger partial charge in [0.1, 0.15) is 9.90 Å². The molecule has 0 saturated carbocycles. The van der Waals surface area contributed by atoms with Crippen molar-refractivity contribution in [3.63, 3.8) is 0 Å². The number of anilines is 2. The van der Waals surface area contributed by atoms with Crippen LogP contribution >= 0.6 is 11.3 Å². The van der Waals surface area contributed by atoms with Crippen LogP contribution < -0.4 is 9.62 Å². The number of aromatic nitrogens is 2. The molecule has 27 heavy (non-hydrogen) atoms. The van der Waals surface area contributed by atoms with Crippen LogP contribution in [0, 0.1) is 6.92 Å². The number of hydrogen-bond acceptors (Lipinski definition) is 7. The molecule has 0 bridgehead atoms. The number of benzene rings is 2. The molecule has 1 aromatic heterocycles. The van der Waals surface area contributed by atoms with E-state index < -0.39 is 21.8 Å². The monoisotopic (exact) mass is 400 g/mol. The van der Waals surface area contributed by atoms with Crippen LogP contribution in [0.4, 0.5) is 10.8 Å². The molecule has 2 heterocycles. The summed E-state index contributed by atoms with van der Waals surface area (Å²) in [6.07, 6.45) is 0. The van der Waals surface area contributed by atoms with E-state index in [1.54, 1.807) is 25.1 Å². The number of nitrogens with zero attached hydrogens (tertiary/aromatic N) is 3. The summed E-state index contributed by atoms with van der Waals surface area (Å²) in [6.45, 7) is 1.75. The number of para-hydroxylation sites is 1. The standard InChI is InChI=1S/C17H12N4O4S2/c1-10-19-20-17(26-10)18-15(22)11-7-8-13-14(9-11)27(24,25)21(16(13)23)12-5-3-2-4-6-12/h2-9H,1H3,(H,18,20,22). The first-order valence-corrected chi connectivity index (χ1v) is 10.0. The van der Waals surface area contributed by atoms with Crippen LogP contribution in [-0.2, 0) is 10.0 Å². The molecule has 136 valence electrons. The molecule has 0 spiro atoms. The van der Waals surface area contributed by atoms with E-state index in [9.17, 15) is 18.0 Å². The minimum atomic E-state index is -4.09. The molecule has 2 aromatic carbocycles. The molecule has 1 N–H and O–H groups in total. The number of fused-ring (bicyclic) bond motifs is 1. The molecule has 0 fully saturated rings. The molecular formula is C17H12N4O4S2. The maximum absolute atomic E-state index is 12.9. The predicted octanol–water partition coefficient (Wildman–Crippen LogP) is 2.45. The quantitative estimate of drug-likeness (QED) is 0.723. The van der Waals surface area contributed by atoms with Crippen LogP contribution in [0.3, 0.4) is 0 Å². The second-order valence-corrected chi connectivity index (χ2v) is 8.64. The van der Waals surface area contributed by atoms with E-state index in [1.807, 2.05) is 0 Å². The lowest BCUT2D eigenvalue weighted by atomic mass is 10.1. The zero-order valence-corrected chi connectivity index (χ0v) is 15.5. The largest absolute Gasteiger partial charge is 0.296 e. The van der Waals surface area contributed by atoms with Gasteiger partial charge < -0.3 is 0 Å². The Balaban J connectivity index is 1.71. The summed E-state index contributed by atoms with van der Waals surface area (Å²) in [5.74, 6) is -1.18. The molecule has 0 radical (unpaired) electrons. The molecule has 4 rings (SSSR count). The van der Waals surface area contributed by atoms with Crippen LogP contribution in [0.5, 0.6) is 0 Å². The number of sulfonamides is 1. The highest BCUT2D eigenvalue weighted by Gasteiger charge is 2.42.